The van der Waals surface area contributed by atoms with E-state index >= 15 is 0 Å². The van der Waals surface area contributed by atoms with Gasteiger partial charge in [-0.05, 0) is 54.9 Å². The van der Waals surface area contributed by atoms with E-state index in [2.05, 4.69) is 99.0 Å². The summed E-state index contributed by atoms with van der Waals surface area (Å²) >= 11 is 0. The van der Waals surface area contributed by atoms with Crippen LogP contribution in [0.25, 0.3) is 11.0 Å². The third-order valence-corrected chi connectivity index (χ3v) is 8.49. The quantitative estimate of drug-likeness (QED) is 0.304. The Bertz CT molecular complexity index is 1290. The maximum atomic E-state index is 13.8. The summed E-state index contributed by atoms with van der Waals surface area (Å²) in [5, 5.41) is 0. The Kier molecular flexibility index (Phi) is 6.78. The molecular weight excluding hydrogens is 442 g/mol. The van der Waals surface area contributed by atoms with Gasteiger partial charge in [-0.25, -0.2) is 4.79 Å². The molecule has 1 aromatic heterocycles. The standard InChI is InChI=1S/C32H37N3O/c36-32-34(24-25-12-4-1-5-13-25)29-18-10-11-19-30(29)35(32)28-20-22-33(23-21-28)31(26-14-6-2-7-15-26)27-16-8-3-9-17-27/h2-3,6-11,14-19,25,28,31H,1,4-5,12-13,20-24H2. The number of piperidine rings is 1. The summed E-state index contributed by atoms with van der Waals surface area (Å²) in [4.78, 5) is 16.4. The molecule has 0 atom stereocenters. The minimum Gasteiger partial charge on any atom is -0.292 e. The number of fused-ring (bicyclic) bond motifs is 1. The monoisotopic (exact) mass is 479 g/mol. The Morgan fingerprint density at radius 3 is 1.83 bits per heavy atom. The number of rotatable bonds is 6. The van der Waals surface area contributed by atoms with Gasteiger partial charge in [0, 0.05) is 25.7 Å². The van der Waals surface area contributed by atoms with Gasteiger partial charge in [0.05, 0.1) is 17.1 Å². The van der Waals surface area contributed by atoms with Gasteiger partial charge in [0.1, 0.15) is 0 Å². The third kappa shape index (κ3) is 4.55. The van der Waals surface area contributed by atoms with Crippen molar-refractivity contribution in [3.05, 3.63) is 107 Å². The van der Waals surface area contributed by atoms with Crippen LogP contribution in [0.5, 0.6) is 0 Å². The molecule has 0 radical (unpaired) electrons. The average molecular weight is 480 g/mol. The van der Waals surface area contributed by atoms with E-state index < -0.39 is 0 Å². The molecular formula is C32H37N3O. The second-order valence-electron chi connectivity index (χ2n) is 10.7. The molecule has 4 heteroatoms. The first-order valence-electron chi connectivity index (χ1n) is 13.8. The first-order valence-corrected chi connectivity index (χ1v) is 13.8. The summed E-state index contributed by atoms with van der Waals surface area (Å²) in [6.07, 6.45) is 8.45. The summed E-state index contributed by atoms with van der Waals surface area (Å²) in [7, 11) is 0. The molecule has 0 N–H and O–H groups in total. The summed E-state index contributed by atoms with van der Waals surface area (Å²) in [5.41, 5.74) is 5.09. The second kappa shape index (κ2) is 10.5. The summed E-state index contributed by atoms with van der Waals surface area (Å²) < 4.78 is 4.23. The van der Waals surface area contributed by atoms with E-state index in [0.29, 0.717) is 5.92 Å². The van der Waals surface area contributed by atoms with Gasteiger partial charge in [0.25, 0.3) is 0 Å². The zero-order chi connectivity index (χ0) is 24.3. The molecule has 0 amide bonds. The molecule has 2 fully saturated rings. The smallest absolute Gasteiger partial charge is 0.292 e. The van der Waals surface area contributed by atoms with Crippen molar-refractivity contribution in [2.75, 3.05) is 13.1 Å². The molecule has 6 rings (SSSR count). The van der Waals surface area contributed by atoms with Crippen LogP contribution in [0.4, 0.5) is 0 Å². The molecule has 1 saturated carbocycles. The van der Waals surface area contributed by atoms with Crippen molar-refractivity contribution >= 4 is 11.0 Å². The molecule has 4 nitrogen and oxygen atoms in total. The van der Waals surface area contributed by atoms with E-state index in [9.17, 15) is 4.79 Å². The van der Waals surface area contributed by atoms with E-state index in [1.807, 2.05) is 0 Å². The van der Waals surface area contributed by atoms with Crippen LogP contribution >= 0.6 is 0 Å². The fourth-order valence-electron chi connectivity index (χ4n) is 6.68. The molecule has 1 aliphatic carbocycles. The van der Waals surface area contributed by atoms with E-state index in [1.54, 1.807) is 0 Å². The number of benzene rings is 3. The molecule has 0 bridgehead atoms. The molecule has 0 spiro atoms. The highest BCUT2D eigenvalue weighted by Crippen LogP contribution is 2.34. The van der Waals surface area contributed by atoms with Gasteiger partial charge < -0.3 is 0 Å². The molecule has 1 aliphatic heterocycles. The Labute approximate surface area is 214 Å². The molecule has 2 aliphatic rings. The predicted molar refractivity (Wildman–Crippen MR) is 147 cm³/mol. The van der Waals surface area contributed by atoms with E-state index in [-0.39, 0.29) is 17.8 Å². The van der Waals surface area contributed by atoms with Crippen LogP contribution in [0.2, 0.25) is 0 Å². The molecule has 1 saturated heterocycles. The van der Waals surface area contributed by atoms with Gasteiger partial charge in [0.2, 0.25) is 0 Å². The van der Waals surface area contributed by atoms with Crippen LogP contribution in [0.3, 0.4) is 0 Å². The maximum Gasteiger partial charge on any atom is 0.329 e. The first kappa shape index (κ1) is 23.3. The summed E-state index contributed by atoms with van der Waals surface area (Å²) in [6.45, 7) is 2.83. The lowest BCUT2D eigenvalue weighted by Crippen LogP contribution is -2.40. The maximum absolute atomic E-state index is 13.8. The lowest BCUT2D eigenvalue weighted by molar-refractivity contribution is 0.153. The average Bonchev–Trinajstić information content (AvgIpc) is 3.22. The van der Waals surface area contributed by atoms with E-state index in [4.69, 9.17) is 0 Å². The van der Waals surface area contributed by atoms with E-state index in [0.717, 1.165) is 43.5 Å². The number of aromatic nitrogens is 2. The predicted octanol–water partition coefficient (Wildman–Crippen LogP) is 6.81. The zero-order valence-corrected chi connectivity index (χ0v) is 21.1. The summed E-state index contributed by atoms with van der Waals surface area (Å²) in [6, 6.07) is 30.7. The fourth-order valence-corrected chi connectivity index (χ4v) is 6.68. The minimum atomic E-state index is 0.197. The van der Waals surface area contributed by atoms with Crippen LogP contribution < -0.4 is 5.69 Å². The zero-order valence-electron chi connectivity index (χ0n) is 21.1. The van der Waals surface area contributed by atoms with Crippen molar-refractivity contribution in [1.29, 1.82) is 0 Å². The van der Waals surface area contributed by atoms with Gasteiger partial charge in [-0.3, -0.25) is 14.0 Å². The first-order chi connectivity index (χ1) is 17.8. The third-order valence-electron chi connectivity index (χ3n) is 8.49. The largest absolute Gasteiger partial charge is 0.329 e. The number of hydrogen-bond acceptors (Lipinski definition) is 2. The second-order valence-corrected chi connectivity index (χ2v) is 10.7. The SMILES string of the molecule is O=c1n(CC2CCCCC2)c2ccccc2n1C1CCN(C(c2ccccc2)c2ccccc2)CC1. The van der Waals surface area contributed by atoms with Crippen LogP contribution in [0, 0.1) is 5.92 Å². The molecule has 0 unspecified atom stereocenters. The number of nitrogens with zero attached hydrogens (tertiary/aromatic N) is 3. The Balaban J connectivity index is 1.27. The Hall–Kier alpha value is -3.11. The topological polar surface area (TPSA) is 30.2 Å². The van der Waals surface area contributed by atoms with E-state index in [1.165, 1.54) is 43.2 Å². The van der Waals surface area contributed by atoms with Crippen LogP contribution in [-0.2, 0) is 6.54 Å². The van der Waals surface area contributed by atoms with Crippen molar-refractivity contribution in [2.24, 2.45) is 5.92 Å². The molecule has 4 aromatic rings. The highest BCUT2D eigenvalue weighted by Gasteiger charge is 2.30. The molecule has 3 aromatic carbocycles. The lowest BCUT2D eigenvalue weighted by atomic mass is 9.89. The highest BCUT2D eigenvalue weighted by molar-refractivity contribution is 5.76. The number of para-hydroxylation sites is 2. The van der Waals surface area contributed by atoms with Gasteiger partial charge in [-0.2, -0.15) is 0 Å². The van der Waals surface area contributed by atoms with Crippen molar-refractivity contribution < 1.29 is 0 Å². The van der Waals surface area contributed by atoms with Crippen molar-refractivity contribution in [3.8, 4) is 0 Å². The lowest BCUT2D eigenvalue weighted by Gasteiger charge is -2.38. The molecule has 2 heterocycles. The van der Waals surface area contributed by atoms with Crippen molar-refractivity contribution in [2.45, 2.75) is 63.6 Å². The summed E-state index contributed by atoms with van der Waals surface area (Å²) in [5.74, 6) is 0.634. The van der Waals surface area contributed by atoms with Crippen molar-refractivity contribution in [3.63, 3.8) is 0 Å². The number of imidazole rings is 1. The van der Waals surface area contributed by atoms with Gasteiger partial charge in [-0.1, -0.05) is 92.1 Å². The highest BCUT2D eigenvalue weighted by atomic mass is 16.1. The number of likely N-dealkylation sites (tertiary alicyclic amines) is 1. The Morgan fingerprint density at radius 1 is 0.667 bits per heavy atom. The fraction of sp³-hybridized carbons (Fsp3) is 0.406. The number of hydrogen-bond donors (Lipinski definition) is 0. The normalized spacial score (nSPS) is 18.2. The molecule has 36 heavy (non-hydrogen) atoms. The van der Waals surface area contributed by atoms with Gasteiger partial charge in [0.15, 0.2) is 0 Å². The minimum absolute atomic E-state index is 0.197. The molecule has 186 valence electrons. The Morgan fingerprint density at radius 2 is 1.22 bits per heavy atom. The van der Waals surface area contributed by atoms with Gasteiger partial charge in [-0.15, -0.1) is 0 Å². The van der Waals surface area contributed by atoms with Crippen LogP contribution in [-0.4, -0.2) is 27.1 Å². The van der Waals surface area contributed by atoms with Gasteiger partial charge >= 0.3 is 5.69 Å². The van der Waals surface area contributed by atoms with Crippen molar-refractivity contribution in [1.82, 2.24) is 14.0 Å². The van der Waals surface area contributed by atoms with Crippen LogP contribution in [0.15, 0.2) is 89.7 Å². The van der Waals surface area contributed by atoms with Crippen LogP contribution in [0.1, 0.15) is 68.2 Å².